The van der Waals surface area contributed by atoms with Crippen LogP contribution >= 0.6 is 0 Å². The molecule has 3 unspecified atom stereocenters. The van der Waals surface area contributed by atoms with E-state index < -0.39 is 0 Å². The first-order valence-corrected chi connectivity index (χ1v) is 7.45. The molecular weight excluding hydrogens is 220 g/mol. The van der Waals surface area contributed by atoms with Gasteiger partial charge in [-0.05, 0) is 42.7 Å². The molecule has 2 rings (SSSR count). The van der Waals surface area contributed by atoms with Crippen LogP contribution in [-0.2, 0) is 6.42 Å². The molecule has 0 bridgehead atoms. The smallest absolute Gasteiger partial charge is 0.0299 e. The minimum Gasteiger partial charge on any atom is -0.327 e. The van der Waals surface area contributed by atoms with Crippen molar-refractivity contribution in [3.63, 3.8) is 0 Å². The van der Waals surface area contributed by atoms with Gasteiger partial charge in [0.25, 0.3) is 0 Å². The van der Waals surface area contributed by atoms with Crippen LogP contribution in [0.25, 0.3) is 0 Å². The van der Waals surface area contributed by atoms with Crippen LogP contribution in [0, 0.1) is 11.8 Å². The van der Waals surface area contributed by atoms with Crippen LogP contribution < -0.4 is 5.73 Å². The summed E-state index contributed by atoms with van der Waals surface area (Å²) in [4.78, 5) is 4.17. The molecule has 0 saturated heterocycles. The molecule has 2 heteroatoms. The molecule has 1 fully saturated rings. The summed E-state index contributed by atoms with van der Waals surface area (Å²) >= 11 is 0. The van der Waals surface area contributed by atoms with Crippen molar-refractivity contribution in [3.8, 4) is 0 Å². The first kappa shape index (κ1) is 13.5. The molecule has 18 heavy (non-hydrogen) atoms. The van der Waals surface area contributed by atoms with E-state index in [1.54, 1.807) is 0 Å². The van der Waals surface area contributed by atoms with Crippen molar-refractivity contribution in [1.82, 2.24) is 4.98 Å². The maximum atomic E-state index is 6.44. The lowest BCUT2D eigenvalue weighted by atomic mass is 9.73. The van der Waals surface area contributed by atoms with Crippen LogP contribution in [0.4, 0.5) is 0 Å². The lowest BCUT2D eigenvalue weighted by Gasteiger charge is -2.35. The van der Waals surface area contributed by atoms with E-state index in [1.807, 2.05) is 18.5 Å². The van der Waals surface area contributed by atoms with Crippen molar-refractivity contribution in [2.75, 3.05) is 0 Å². The van der Waals surface area contributed by atoms with Crippen LogP contribution in [0.3, 0.4) is 0 Å². The molecule has 0 aromatic carbocycles. The zero-order valence-corrected chi connectivity index (χ0v) is 11.5. The van der Waals surface area contributed by atoms with Crippen LogP contribution in [0.2, 0.25) is 0 Å². The van der Waals surface area contributed by atoms with E-state index in [0.717, 1.165) is 24.7 Å². The first-order chi connectivity index (χ1) is 8.81. The predicted molar refractivity (Wildman–Crippen MR) is 76.3 cm³/mol. The Morgan fingerprint density at radius 3 is 2.94 bits per heavy atom. The first-order valence-electron chi connectivity index (χ1n) is 7.45. The van der Waals surface area contributed by atoms with Crippen molar-refractivity contribution in [2.45, 2.75) is 57.9 Å². The highest BCUT2D eigenvalue weighted by molar-refractivity contribution is 5.08. The van der Waals surface area contributed by atoms with Gasteiger partial charge in [0.15, 0.2) is 0 Å². The summed E-state index contributed by atoms with van der Waals surface area (Å²) in [6.45, 7) is 2.32. The Morgan fingerprint density at radius 1 is 1.39 bits per heavy atom. The highest BCUT2D eigenvalue weighted by Crippen LogP contribution is 2.34. The molecule has 0 radical (unpaired) electrons. The van der Waals surface area contributed by atoms with Gasteiger partial charge in [0, 0.05) is 18.4 Å². The standard InChI is InChI=1S/C16H26N2/c1-2-14-7-3-4-8-15(14)16(17)10-9-13-6-5-11-18-12-13/h5-6,11-12,14-16H,2-4,7-10,17H2,1H3. The molecular formula is C16H26N2. The van der Waals surface area contributed by atoms with Crippen molar-refractivity contribution in [1.29, 1.82) is 0 Å². The lowest BCUT2D eigenvalue weighted by molar-refractivity contribution is 0.190. The molecule has 0 spiro atoms. The van der Waals surface area contributed by atoms with Crippen molar-refractivity contribution >= 4 is 0 Å². The fourth-order valence-electron chi connectivity index (χ4n) is 3.40. The molecule has 2 nitrogen and oxygen atoms in total. The maximum absolute atomic E-state index is 6.44. The third kappa shape index (κ3) is 3.55. The maximum Gasteiger partial charge on any atom is 0.0299 e. The number of pyridine rings is 1. The largest absolute Gasteiger partial charge is 0.327 e. The minimum absolute atomic E-state index is 0.371. The van der Waals surface area contributed by atoms with Crippen molar-refractivity contribution in [2.24, 2.45) is 17.6 Å². The quantitative estimate of drug-likeness (QED) is 0.862. The lowest BCUT2D eigenvalue weighted by Crippen LogP contribution is -2.37. The minimum atomic E-state index is 0.371. The number of aromatic nitrogens is 1. The predicted octanol–water partition coefficient (Wildman–Crippen LogP) is 3.56. The summed E-state index contributed by atoms with van der Waals surface area (Å²) in [7, 11) is 0. The van der Waals surface area contributed by atoms with E-state index in [-0.39, 0.29) is 0 Å². The Morgan fingerprint density at radius 2 is 2.22 bits per heavy atom. The molecule has 1 heterocycles. The Labute approximate surface area is 111 Å². The van der Waals surface area contributed by atoms with Crippen molar-refractivity contribution in [3.05, 3.63) is 30.1 Å². The van der Waals surface area contributed by atoms with Crippen LogP contribution in [0.15, 0.2) is 24.5 Å². The molecule has 3 atom stereocenters. The molecule has 2 N–H and O–H groups in total. The van der Waals surface area contributed by atoms with Gasteiger partial charge in [-0.3, -0.25) is 4.98 Å². The molecule has 1 aliphatic rings. The molecule has 0 amide bonds. The Bertz CT molecular complexity index is 336. The molecule has 0 aliphatic heterocycles. The SMILES string of the molecule is CCC1CCCCC1C(N)CCc1cccnc1. The monoisotopic (exact) mass is 246 g/mol. The topological polar surface area (TPSA) is 38.9 Å². The number of rotatable bonds is 5. The van der Waals surface area contributed by atoms with E-state index in [4.69, 9.17) is 5.73 Å². The number of hydrogen-bond donors (Lipinski definition) is 1. The van der Waals surface area contributed by atoms with E-state index in [9.17, 15) is 0 Å². The van der Waals surface area contributed by atoms with Gasteiger partial charge in [0.1, 0.15) is 0 Å². The van der Waals surface area contributed by atoms with Crippen LogP contribution in [-0.4, -0.2) is 11.0 Å². The zero-order valence-electron chi connectivity index (χ0n) is 11.5. The number of nitrogens with two attached hydrogens (primary N) is 1. The fourth-order valence-corrected chi connectivity index (χ4v) is 3.40. The zero-order chi connectivity index (χ0) is 12.8. The molecule has 1 aromatic heterocycles. The normalized spacial score (nSPS) is 25.9. The van der Waals surface area contributed by atoms with Crippen LogP contribution in [0.1, 0.15) is 51.0 Å². The van der Waals surface area contributed by atoms with E-state index >= 15 is 0 Å². The van der Waals surface area contributed by atoms with Gasteiger partial charge >= 0.3 is 0 Å². The Hall–Kier alpha value is -0.890. The summed E-state index contributed by atoms with van der Waals surface area (Å²) in [6.07, 6.45) is 12.8. The van der Waals surface area contributed by atoms with E-state index in [0.29, 0.717) is 6.04 Å². The molecule has 100 valence electrons. The van der Waals surface area contributed by atoms with Crippen LogP contribution in [0.5, 0.6) is 0 Å². The van der Waals surface area contributed by atoms with E-state index in [1.165, 1.54) is 37.7 Å². The summed E-state index contributed by atoms with van der Waals surface area (Å²) in [5.41, 5.74) is 7.76. The van der Waals surface area contributed by atoms with Gasteiger partial charge in [0.2, 0.25) is 0 Å². The highest BCUT2D eigenvalue weighted by Gasteiger charge is 2.28. The second kappa shape index (κ2) is 6.89. The second-order valence-corrected chi connectivity index (χ2v) is 5.68. The molecule has 1 saturated carbocycles. The van der Waals surface area contributed by atoms with Crippen molar-refractivity contribution < 1.29 is 0 Å². The van der Waals surface area contributed by atoms with Gasteiger partial charge in [0.05, 0.1) is 0 Å². The number of hydrogen-bond acceptors (Lipinski definition) is 2. The summed E-state index contributed by atoms with van der Waals surface area (Å²) in [5, 5.41) is 0. The van der Waals surface area contributed by atoms with Gasteiger partial charge < -0.3 is 5.73 Å². The molecule has 1 aromatic rings. The third-order valence-electron chi connectivity index (χ3n) is 4.53. The fraction of sp³-hybridized carbons (Fsp3) is 0.688. The van der Waals surface area contributed by atoms with Gasteiger partial charge in [-0.25, -0.2) is 0 Å². The number of nitrogens with zero attached hydrogens (tertiary/aromatic N) is 1. The average molecular weight is 246 g/mol. The Kier molecular flexibility index (Phi) is 5.18. The van der Waals surface area contributed by atoms with Gasteiger partial charge in [-0.1, -0.05) is 38.7 Å². The Balaban J connectivity index is 1.85. The molecule has 1 aliphatic carbocycles. The summed E-state index contributed by atoms with van der Waals surface area (Å²) in [5.74, 6) is 1.61. The van der Waals surface area contributed by atoms with Gasteiger partial charge in [-0.2, -0.15) is 0 Å². The third-order valence-corrected chi connectivity index (χ3v) is 4.53. The van der Waals surface area contributed by atoms with Gasteiger partial charge in [-0.15, -0.1) is 0 Å². The summed E-state index contributed by atoms with van der Waals surface area (Å²) < 4.78 is 0. The number of aryl methyl sites for hydroxylation is 1. The van der Waals surface area contributed by atoms with E-state index in [2.05, 4.69) is 18.0 Å². The second-order valence-electron chi connectivity index (χ2n) is 5.68. The summed E-state index contributed by atoms with van der Waals surface area (Å²) in [6, 6.07) is 4.53. The highest BCUT2D eigenvalue weighted by atomic mass is 14.7. The average Bonchev–Trinajstić information content (AvgIpc) is 2.45.